The average Bonchev–Trinajstić information content (AvgIpc) is 2.65. The lowest BCUT2D eigenvalue weighted by Gasteiger charge is -2.23. The van der Waals surface area contributed by atoms with Gasteiger partial charge in [-0.05, 0) is 32.1 Å². The lowest BCUT2D eigenvalue weighted by Crippen LogP contribution is -2.32. The summed E-state index contributed by atoms with van der Waals surface area (Å²) in [6.45, 7) is 8.37. The Morgan fingerprint density at radius 2 is 1.95 bits per heavy atom. The number of carbonyl (C=O) groups excluding carboxylic acids is 1. The molecule has 0 aromatic carbocycles. The molecule has 21 heavy (non-hydrogen) atoms. The highest BCUT2D eigenvalue weighted by atomic mass is 32.1. The third kappa shape index (κ3) is 6.57. The van der Waals surface area contributed by atoms with E-state index in [0.29, 0.717) is 18.1 Å². The summed E-state index contributed by atoms with van der Waals surface area (Å²) < 4.78 is 0. The zero-order valence-electron chi connectivity index (χ0n) is 12.9. The number of carboxylic acid groups (broad SMARTS) is 1. The van der Waals surface area contributed by atoms with Gasteiger partial charge in [-0.1, -0.05) is 13.8 Å². The molecular formula is C14H23N3O3S. The van der Waals surface area contributed by atoms with Gasteiger partial charge in [0.15, 0.2) is 5.13 Å². The van der Waals surface area contributed by atoms with Crippen LogP contribution in [0.1, 0.15) is 43.7 Å². The molecule has 0 spiro atoms. The van der Waals surface area contributed by atoms with Gasteiger partial charge >= 0.3 is 12.0 Å². The standard InChI is InChI=1S/C14H23N3O3S/c1-9-10(2)21-13(16-9)17-12(20)15-8-7-14(3,4)6-5-11(18)19/h5-8H2,1-4H3,(H,18,19)(H2,15,16,17,20). The van der Waals surface area contributed by atoms with Crippen molar-refractivity contribution in [3.05, 3.63) is 10.6 Å². The van der Waals surface area contributed by atoms with Crippen LogP contribution < -0.4 is 10.6 Å². The minimum Gasteiger partial charge on any atom is -0.481 e. The summed E-state index contributed by atoms with van der Waals surface area (Å²) in [6.07, 6.45) is 1.47. The Kier molecular flexibility index (Phi) is 6.14. The molecule has 0 saturated carbocycles. The van der Waals surface area contributed by atoms with Crippen LogP contribution in [-0.4, -0.2) is 28.6 Å². The minimum absolute atomic E-state index is 0.111. The monoisotopic (exact) mass is 313 g/mol. The van der Waals surface area contributed by atoms with Crippen LogP contribution in [0, 0.1) is 19.3 Å². The molecule has 0 fully saturated rings. The lowest BCUT2D eigenvalue weighted by atomic mass is 9.84. The first-order valence-electron chi connectivity index (χ1n) is 6.90. The first-order chi connectivity index (χ1) is 9.69. The molecule has 2 amide bonds. The summed E-state index contributed by atoms with van der Waals surface area (Å²) in [6, 6.07) is -0.280. The van der Waals surface area contributed by atoms with Crippen molar-refractivity contribution in [3.8, 4) is 0 Å². The minimum atomic E-state index is -0.789. The van der Waals surface area contributed by atoms with Crippen molar-refractivity contribution in [3.63, 3.8) is 0 Å². The summed E-state index contributed by atoms with van der Waals surface area (Å²) in [5, 5.41) is 14.8. The van der Waals surface area contributed by atoms with Crippen LogP contribution in [0.25, 0.3) is 0 Å². The largest absolute Gasteiger partial charge is 0.481 e. The van der Waals surface area contributed by atoms with Crippen LogP contribution in [0.3, 0.4) is 0 Å². The molecule has 0 radical (unpaired) electrons. The van der Waals surface area contributed by atoms with Crippen molar-refractivity contribution in [1.29, 1.82) is 0 Å². The van der Waals surface area contributed by atoms with Gasteiger partial charge in [0.05, 0.1) is 5.69 Å². The molecule has 0 bridgehead atoms. The second-order valence-electron chi connectivity index (χ2n) is 5.85. The Morgan fingerprint density at radius 1 is 1.29 bits per heavy atom. The molecule has 1 heterocycles. The van der Waals surface area contributed by atoms with Gasteiger partial charge in [-0.25, -0.2) is 9.78 Å². The number of anilines is 1. The molecule has 3 N–H and O–H groups in total. The number of thiazole rings is 1. The quantitative estimate of drug-likeness (QED) is 0.721. The topological polar surface area (TPSA) is 91.3 Å². The van der Waals surface area contributed by atoms with E-state index in [4.69, 9.17) is 5.11 Å². The molecule has 1 rings (SSSR count). The number of urea groups is 1. The van der Waals surface area contributed by atoms with E-state index in [-0.39, 0.29) is 17.9 Å². The van der Waals surface area contributed by atoms with Gasteiger partial charge in [-0.2, -0.15) is 0 Å². The van der Waals surface area contributed by atoms with Gasteiger partial charge in [0, 0.05) is 17.8 Å². The number of amides is 2. The molecule has 0 aliphatic rings. The summed E-state index contributed by atoms with van der Waals surface area (Å²) >= 11 is 1.44. The number of carboxylic acids is 1. The molecule has 7 heteroatoms. The van der Waals surface area contributed by atoms with E-state index >= 15 is 0 Å². The predicted molar refractivity (Wildman–Crippen MR) is 83.9 cm³/mol. The highest BCUT2D eigenvalue weighted by Gasteiger charge is 2.19. The number of carbonyl (C=O) groups is 2. The number of aliphatic carboxylic acids is 1. The number of nitrogens with zero attached hydrogens (tertiary/aromatic N) is 1. The van der Waals surface area contributed by atoms with E-state index in [1.54, 1.807) is 0 Å². The lowest BCUT2D eigenvalue weighted by molar-refractivity contribution is -0.137. The van der Waals surface area contributed by atoms with Crippen molar-refractivity contribution >= 4 is 28.5 Å². The Balaban J connectivity index is 2.31. The maximum absolute atomic E-state index is 11.7. The van der Waals surface area contributed by atoms with Crippen LogP contribution in [0.4, 0.5) is 9.93 Å². The number of hydrogen-bond acceptors (Lipinski definition) is 4. The van der Waals surface area contributed by atoms with E-state index in [0.717, 1.165) is 17.0 Å². The molecule has 118 valence electrons. The third-order valence-electron chi connectivity index (χ3n) is 3.35. The first kappa shape index (κ1) is 17.4. The van der Waals surface area contributed by atoms with Crippen molar-refractivity contribution in [1.82, 2.24) is 10.3 Å². The molecule has 0 aliphatic heterocycles. The van der Waals surface area contributed by atoms with Gasteiger partial charge in [-0.3, -0.25) is 10.1 Å². The summed E-state index contributed by atoms with van der Waals surface area (Å²) in [5.74, 6) is -0.789. The maximum atomic E-state index is 11.7. The zero-order chi connectivity index (χ0) is 16.0. The van der Waals surface area contributed by atoms with Crippen LogP contribution in [0.5, 0.6) is 0 Å². The van der Waals surface area contributed by atoms with E-state index in [2.05, 4.69) is 15.6 Å². The average molecular weight is 313 g/mol. The molecule has 0 aliphatic carbocycles. The van der Waals surface area contributed by atoms with Crippen LogP contribution >= 0.6 is 11.3 Å². The van der Waals surface area contributed by atoms with Crippen molar-refractivity contribution in [2.24, 2.45) is 5.41 Å². The van der Waals surface area contributed by atoms with Gasteiger partial charge < -0.3 is 10.4 Å². The highest BCUT2D eigenvalue weighted by Crippen LogP contribution is 2.26. The van der Waals surface area contributed by atoms with Gasteiger partial charge in [0.2, 0.25) is 0 Å². The number of aryl methyl sites for hydroxylation is 2. The number of aromatic nitrogens is 1. The van der Waals surface area contributed by atoms with Gasteiger partial charge in [0.1, 0.15) is 0 Å². The Labute approximate surface area is 129 Å². The Bertz CT molecular complexity index is 492. The first-order valence-corrected chi connectivity index (χ1v) is 7.72. The van der Waals surface area contributed by atoms with E-state index in [1.165, 1.54) is 11.3 Å². The molecule has 1 aromatic heterocycles. The fourth-order valence-electron chi connectivity index (χ4n) is 1.75. The SMILES string of the molecule is Cc1nc(NC(=O)NCCC(C)(C)CCC(=O)O)sc1C. The Hall–Kier alpha value is -1.63. The van der Waals surface area contributed by atoms with Crippen LogP contribution in [0.2, 0.25) is 0 Å². The zero-order valence-corrected chi connectivity index (χ0v) is 13.8. The van der Waals surface area contributed by atoms with Crippen LogP contribution in [0.15, 0.2) is 0 Å². The van der Waals surface area contributed by atoms with Crippen LogP contribution in [-0.2, 0) is 4.79 Å². The van der Waals surface area contributed by atoms with E-state index < -0.39 is 5.97 Å². The highest BCUT2D eigenvalue weighted by molar-refractivity contribution is 7.15. The molecule has 0 unspecified atom stereocenters. The smallest absolute Gasteiger partial charge is 0.321 e. The van der Waals surface area contributed by atoms with Gasteiger partial charge in [-0.15, -0.1) is 11.3 Å². The third-order valence-corrected chi connectivity index (χ3v) is 4.34. The Morgan fingerprint density at radius 3 is 2.48 bits per heavy atom. The summed E-state index contributed by atoms with van der Waals surface area (Å²) in [5.41, 5.74) is 0.810. The second-order valence-corrected chi connectivity index (χ2v) is 7.05. The second kappa shape index (κ2) is 7.40. The molecule has 1 aromatic rings. The molecule has 0 atom stereocenters. The summed E-state index contributed by atoms with van der Waals surface area (Å²) in [4.78, 5) is 27.6. The molecule has 0 saturated heterocycles. The number of rotatable bonds is 7. The molecule has 6 nitrogen and oxygen atoms in total. The number of hydrogen-bond donors (Lipinski definition) is 3. The van der Waals surface area contributed by atoms with E-state index in [9.17, 15) is 9.59 Å². The maximum Gasteiger partial charge on any atom is 0.321 e. The fourth-order valence-corrected chi connectivity index (χ4v) is 2.56. The summed E-state index contributed by atoms with van der Waals surface area (Å²) in [7, 11) is 0. The van der Waals surface area contributed by atoms with Crippen molar-refractivity contribution < 1.29 is 14.7 Å². The van der Waals surface area contributed by atoms with Crippen molar-refractivity contribution in [2.45, 2.75) is 47.0 Å². The normalized spacial score (nSPS) is 11.2. The van der Waals surface area contributed by atoms with Crippen molar-refractivity contribution in [2.75, 3.05) is 11.9 Å². The predicted octanol–water partition coefficient (Wildman–Crippen LogP) is 3.16. The molecular weight excluding hydrogens is 290 g/mol. The number of nitrogens with one attached hydrogen (secondary N) is 2. The van der Waals surface area contributed by atoms with E-state index in [1.807, 2.05) is 27.7 Å². The van der Waals surface area contributed by atoms with Gasteiger partial charge in [0.25, 0.3) is 0 Å². The fraction of sp³-hybridized carbons (Fsp3) is 0.643.